The van der Waals surface area contributed by atoms with Gasteiger partial charge >= 0.3 is 0 Å². The van der Waals surface area contributed by atoms with Crippen LogP contribution in [0.4, 0.5) is 0 Å². The zero-order valence-electron chi connectivity index (χ0n) is 12.1. The summed E-state index contributed by atoms with van der Waals surface area (Å²) in [6.45, 7) is 0.165. The van der Waals surface area contributed by atoms with Crippen molar-refractivity contribution in [3.8, 4) is 5.75 Å². The zero-order valence-corrected chi connectivity index (χ0v) is 15.3. The highest BCUT2D eigenvalue weighted by molar-refractivity contribution is 9.10. The molecule has 2 heterocycles. The number of benzene rings is 1. The van der Waals surface area contributed by atoms with Gasteiger partial charge in [0.15, 0.2) is 11.4 Å². The van der Waals surface area contributed by atoms with Crippen molar-refractivity contribution in [3.05, 3.63) is 61.4 Å². The van der Waals surface area contributed by atoms with E-state index in [-0.39, 0.29) is 35.7 Å². The highest BCUT2D eigenvalue weighted by Crippen LogP contribution is 2.25. The van der Waals surface area contributed by atoms with Crippen LogP contribution in [0.5, 0.6) is 5.75 Å². The molecule has 0 aliphatic carbocycles. The average Bonchev–Trinajstić information content (AvgIpc) is 2.49. The van der Waals surface area contributed by atoms with E-state index < -0.39 is 23.3 Å². The predicted molar refractivity (Wildman–Crippen MR) is 94.6 cm³/mol. The molecule has 1 aliphatic heterocycles. The number of aromatic hydroxyl groups is 1. The predicted octanol–water partition coefficient (Wildman–Crippen LogP) is 2.37. The lowest BCUT2D eigenvalue weighted by molar-refractivity contribution is -0.0162. The monoisotopic (exact) mass is 434 g/mol. The normalized spacial score (nSPS) is 16.5. The van der Waals surface area contributed by atoms with E-state index in [4.69, 9.17) is 11.6 Å². The Balaban J connectivity index is 0.00000208. The number of aromatic nitrogens is 1. The van der Waals surface area contributed by atoms with E-state index in [2.05, 4.69) is 15.9 Å². The molecule has 1 aromatic heterocycles. The van der Waals surface area contributed by atoms with Gasteiger partial charge in [-0.05, 0) is 33.6 Å². The molecule has 6 nitrogen and oxygen atoms in total. The minimum absolute atomic E-state index is 0. The minimum atomic E-state index is -1.08. The molecule has 128 valence electrons. The summed E-state index contributed by atoms with van der Waals surface area (Å²) in [6, 6.07) is 6.91. The van der Waals surface area contributed by atoms with Crippen LogP contribution in [0.15, 0.2) is 39.7 Å². The molecule has 3 rings (SSSR count). The van der Waals surface area contributed by atoms with Crippen LogP contribution < -0.4 is 5.43 Å². The fourth-order valence-electron chi connectivity index (χ4n) is 2.54. The van der Waals surface area contributed by atoms with Gasteiger partial charge in [0, 0.05) is 17.8 Å². The molecular weight excluding hydrogens is 423 g/mol. The van der Waals surface area contributed by atoms with Crippen LogP contribution in [0.3, 0.4) is 0 Å². The summed E-state index contributed by atoms with van der Waals surface area (Å²) in [4.78, 5) is 25.6. The quantitative estimate of drug-likeness (QED) is 0.758. The smallest absolute Gasteiger partial charge is 0.276 e. The van der Waals surface area contributed by atoms with E-state index in [0.717, 1.165) is 5.56 Å². The van der Waals surface area contributed by atoms with Gasteiger partial charge in [-0.15, -0.1) is 12.4 Å². The van der Waals surface area contributed by atoms with Crippen molar-refractivity contribution in [3.63, 3.8) is 0 Å². The van der Waals surface area contributed by atoms with Gasteiger partial charge in [0.25, 0.3) is 5.91 Å². The molecule has 0 bridgehead atoms. The Labute approximate surface area is 156 Å². The van der Waals surface area contributed by atoms with Gasteiger partial charge in [-0.25, -0.2) is 0 Å². The van der Waals surface area contributed by atoms with Crippen LogP contribution in [0.2, 0.25) is 5.02 Å². The van der Waals surface area contributed by atoms with Gasteiger partial charge in [0.2, 0.25) is 5.43 Å². The topological polar surface area (TPSA) is 82.8 Å². The van der Waals surface area contributed by atoms with Gasteiger partial charge < -0.3 is 19.7 Å². The second-order valence-corrected chi connectivity index (χ2v) is 6.49. The maximum Gasteiger partial charge on any atom is 0.276 e. The van der Waals surface area contributed by atoms with Crippen LogP contribution >= 0.6 is 39.9 Å². The van der Waals surface area contributed by atoms with E-state index in [1.807, 2.05) is 0 Å². The number of aliphatic hydroxyl groups is 1. The van der Waals surface area contributed by atoms with Crippen LogP contribution in [-0.2, 0) is 13.1 Å². The number of amides is 1. The molecule has 1 amide bonds. The van der Waals surface area contributed by atoms with Gasteiger partial charge in [-0.2, -0.15) is 0 Å². The van der Waals surface area contributed by atoms with Crippen molar-refractivity contribution in [2.75, 3.05) is 0 Å². The minimum Gasteiger partial charge on any atom is -0.503 e. The molecule has 1 aliphatic rings. The SMILES string of the molecule is Cl.O=C1c2c(O)c(=O)c(Br)cn2CC(O)N1Cc1cccc(Cl)c1. The number of carbonyl (C=O) groups is 1. The summed E-state index contributed by atoms with van der Waals surface area (Å²) in [7, 11) is 0. The Morgan fingerprint density at radius 2 is 2.04 bits per heavy atom. The number of hydrogen-bond acceptors (Lipinski definition) is 4. The third kappa shape index (κ3) is 3.30. The molecule has 2 aromatic rings. The molecule has 1 unspecified atom stereocenters. The van der Waals surface area contributed by atoms with Gasteiger partial charge in [-0.3, -0.25) is 9.59 Å². The van der Waals surface area contributed by atoms with Crippen LogP contribution in [0.1, 0.15) is 16.1 Å². The third-order valence-corrected chi connectivity index (χ3v) is 4.44. The zero-order chi connectivity index (χ0) is 16.7. The Morgan fingerprint density at radius 1 is 1.33 bits per heavy atom. The molecule has 2 N–H and O–H groups in total. The molecule has 0 saturated heterocycles. The van der Waals surface area contributed by atoms with Crippen molar-refractivity contribution in [1.29, 1.82) is 0 Å². The lowest BCUT2D eigenvalue weighted by Crippen LogP contribution is -2.48. The molecule has 24 heavy (non-hydrogen) atoms. The maximum absolute atomic E-state index is 12.6. The molecule has 1 atom stereocenters. The second-order valence-electron chi connectivity index (χ2n) is 5.20. The third-order valence-electron chi connectivity index (χ3n) is 3.64. The number of hydrogen-bond donors (Lipinski definition) is 2. The summed E-state index contributed by atoms with van der Waals surface area (Å²) in [6.07, 6.45) is 0.303. The van der Waals surface area contributed by atoms with E-state index in [9.17, 15) is 19.8 Å². The fourth-order valence-corrected chi connectivity index (χ4v) is 3.19. The fraction of sp³-hybridized carbons (Fsp3) is 0.200. The van der Waals surface area contributed by atoms with E-state index in [1.54, 1.807) is 24.3 Å². The number of fused-ring (bicyclic) bond motifs is 1. The van der Waals surface area contributed by atoms with Gasteiger partial charge in [0.1, 0.15) is 6.23 Å². The summed E-state index contributed by atoms with van der Waals surface area (Å²) < 4.78 is 1.49. The van der Waals surface area contributed by atoms with Crippen molar-refractivity contribution in [1.82, 2.24) is 9.47 Å². The summed E-state index contributed by atoms with van der Waals surface area (Å²) in [5.74, 6) is -1.25. The molecule has 0 radical (unpaired) electrons. The Hall–Kier alpha value is -1.54. The Bertz CT molecular complexity index is 856. The number of pyridine rings is 1. The molecule has 0 saturated carbocycles. The maximum atomic E-state index is 12.6. The molecule has 9 heteroatoms. The highest BCUT2D eigenvalue weighted by atomic mass is 79.9. The van der Waals surface area contributed by atoms with E-state index in [0.29, 0.717) is 5.02 Å². The first-order chi connectivity index (χ1) is 10.9. The summed E-state index contributed by atoms with van der Waals surface area (Å²) >= 11 is 8.95. The number of aliphatic hydroxyl groups excluding tert-OH is 1. The van der Waals surface area contributed by atoms with Crippen molar-refractivity contribution in [2.45, 2.75) is 19.3 Å². The summed E-state index contributed by atoms with van der Waals surface area (Å²) in [5.41, 5.74) is -0.0634. The standard InChI is InChI=1S/C15H12BrClN2O4.ClH/c16-10-6-18-7-11(20)19(5-8-2-1-3-9(17)4-8)15(23)12(18)14(22)13(10)21;/h1-4,6,11,20,22H,5,7H2;1H. The number of rotatable bonds is 2. The second kappa shape index (κ2) is 7.14. The average molecular weight is 436 g/mol. The molecular formula is C15H13BrCl2N2O4. The number of halogens is 3. The van der Waals surface area contributed by atoms with Gasteiger partial charge in [0.05, 0.1) is 11.0 Å². The number of carbonyl (C=O) groups excluding carboxylic acids is 1. The Morgan fingerprint density at radius 3 is 2.71 bits per heavy atom. The molecule has 1 aromatic carbocycles. The summed E-state index contributed by atoms with van der Waals surface area (Å²) in [5, 5.41) is 20.8. The number of nitrogens with zero attached hydrogens (tertiary/aromatic N) is 2. The highest BCUT2D eigenvalue weighted by Gasteiger charge is 2.34. The molecule has 0 fully saturated rings. The van der Waals surface area contributed by atoms with Crippen molar-refractivity contribution >= 4 is 45.8 Å². The van der Waals surface area contributed by atoms with E-state index in [1.165, 1.54) is 15.7 Å². The first kappa shape index (κ1) is 18.8. The largest absolute Gasteiger partial charge is 0.503 e. The van der Waals surface area contributed by atoms with Gasteiger partial charge in [-0.1, -0.05) is 23.7 Å². The lowest BCUT2D eigenvalue weighted by atomic mass is 10.1. The van der Waals surface area contributed by atoms with Crippen LogP contribution in [-0.4, -0.2) is 31.8 Å². The van der Waals surface area contributed by atoms with Crippen LogP contribution in [0, 0.1) is 0 Å². The Kier molecular flexibility index (Phi) is 5.59. The first-order valence-electron chi connectivity index (χ1n) is 6.74. The van der Waals surface area contributed by atoms with Crippen molar-refractivity contribution in [2.24, 2.45) is 0 Å². The van der Waals surface area contributed by atoms with Crippen LogP contribution in [0.25, 0.3) is 0 Å². The van der Waals surface area contributed by atoms with E-state index >= 15 is 0 Å². The lowest BCUT2D eigenvalue weighted by Gasteiger charge is -2.34. The molecule has 0 spiro atoms. The van der Waals surface area contributed by atoms with Crippen molar-refractivity contribution < 1.29 is 15.0 Å². The first-order valence-corrected chi connectivity index (χ1v) is 7.91.